The van der Waals surface area contributed by atoms with E-state index < -0.39 is 0 Å². The predicted molar refractivity (Wildman–Crippen MR) is 94.5 cm³/mol. The average molecular weight is 303 g/mol. The van der Waals surface area contributed by atoms with Gasteiger partial charge in [-0.1, -0.05) is 52.8 Å². The second-order valence-electron chi connectivity index (χ2n) is 8.61. The van der Waals surface area contributed by atoms with Crippen molar-refractivity contribution in [1.82, 2.24) is 4.90 Å². The molecule has 0 saturated carbocycles. The minimum atomic E-state index is 0.115. The number of nitrogens with zero attached hydrogens (tertiary/aromatic N) is 1. The first kappa shape index (κ1) is 17.5. The molecule has 1 saturated heterocycles. The summed E-state index contributed by atoms with van der Waals surface area (Å²) in [5.41, 5.74) is 4.68. The lowest BCUT2D eigenvalue weighted by molar-refractivity contribution is -0.0554. The van der Waals surface area contributed by atoms with E-state index in [9.17, 15) is 0 Å². The molecule has 0 aromatic heterocycles. The van der Waals surface area contributed by atoms with E-state index in [-0.39, 0.29) is 11.0 Å². The average Bonchev–Trinajstić information content (AvgIpc) is 2.40. The van der Waals surface area contributed by atoms with Crippen molar-refractivity contribution in [1.29, 1.82) is 0 Å². The highest BCUT2D eigenvalue weighted by atomic mass is 16.5. The normalized spacial score (nSPS) is 19.6. The lowest BCUT2D eigenvalue weighted by Gasteiger charge is -2.43. The Balaban J connectivity index is 2.34. The molecule has 2 heteroatoms. The van der Waals surface area contributed by atoms with Crippen LogP contribution in [-0.2, 0) is 16.7 Å². The fourth-order valence-electron chi connectivity index (χ4n) is 3.18. The summed E-state index contributed by atoms with van der Waals surface area (Å²) in [6.45, 7) is 19.8. The van der Waals surface area contributed by atoms with E-state index in [0.717, 1.165) is 26.3 Å². The molecule has 0 atom stereocenters. The zero-order valence-electron chi connectivity index (χ0n) is 15.5. The van der Waals surface area contributed by atoms with E-state index >= 15 is 0 Å². The van der Waals surface area contributed by atoms with Gasteiger partial charge in [-0.05, 0) is 41.9 Å². The molecule has 124 valence electrons. The Kier molecular flexibility index (Phi) is 5.03. The van der Waals surface area contributed by atoms with Crippen molar-refractivity contribution in [3.8, 4) is 0 Å². The maximum Gasteiger partial charge on any atom is 0.0645 e. The Bertz CT molecular complexity index is 511. The number of benzene rings is 1. The third-order valence-electron chi connectivity index (χ3n) is 4.79. The van der Waals surface area contributed by atoms with Gasteiger partial charge >= 0.3 is 0 Å². The van der Waals surface area contributed by atoms with Crippen LogP contribution in [0.25, 0.3) is 0 Å². The molecule has 0 amide bonds. The molecular weight excluding hydrogens is 270 g/mol. The first-order chi connectivity index (χ1) is 10.1. The molecule has 0 radical (unpaired) electrons. The molecule has 0 spiro atoms. The van der Waals surface area contributed by atoms with Crippen LogP contribution in [0.2, 0.25) is 0 Å². The summed E-state index contributed by atoms with van der Waals surface area (Å²) in [4.78, 5) is 2.57. The maximum atomic E-state index is 5.66. The van der Waals surface area contributed by atoms with Crippen LogP contribution in [0.4, 0.5) is 0 Å². The zero-order chi connectivity index (χ0) is 16.5. The lowest BCUT2D eigenvalue weighted by atomic mass is 9.81. The summed E-state index contributed by atoms with van der Waals surface area (Å²) in [7, 11) is 0. The molecular formula is C20H33NO. The fourth-order valence-corrected chi connectivity index (χ4v) is 3.18. The molecule has 0 unspecified atom stereocenters. The van der Waals surface area contributed by atoms with Gasteiger partial charge in [-0.15, -0.1) is 0 Å². The van der Waals surface area contributed by atoms with Crippen molar-refractivity contribution in [3.63, 3.8) is 0 Å². The van der Waals surface area contributed by atoms with Crippen molar-refractivity contribution in [2.75, 3.05) is 19.8 Å². The van der Waals surface area contributed by atoms with E-state index in [4.69, 9.17) is 4.74 Å². The number of rotatable bonds is 3. The summed E-state index contributed by atoms with van der Waals surface area (Å²) < 4.78 is 5.66. The molecule has 2 rings (SSSR count). The molecule has 1 fully saturated rings. The molecule has 1 aromatic rings. The van der Waals surface area contributed by atoms with Crippen LogP contribution in [0, 0.1) is 0 Å². The standard InChI is InChI=1S/C20H33NO/c1-15(2)16-8-9-17(18(12-16)19(3,4)5)13-21-10-11-22-14-20(21,6)7/h8-9,12,15H,10-11,13-14H2,1-7H3. The largest absolute Gasteiger partial charge is 0.378 e. The van der Waals surface area contributed by atoms with Crippen molar-refractivity contribution in [2.24, 2.45) is 0 Å². The molecule has 0 aliphatic carbocycles. The summed E-state index contributed by atoms with van der Waals surface area (Å²) in [5.74, 6) is 0.579. The Labute approximate surface area is 136 Å². The first-order valence-corrected chi connectivity index (χ1v) is 8.57. The van der Waals surface area contributed by atoms with Crippen molar-refractivity contribution < 1.29 is 4.74 Å². The SMILES string of the molecule is CC(C)c1ccc(CN2CCOCC2(C)C)c(C(C)(C)C)c1. The van der Waals surface area contributed by atoms with E-state index in [0.29, 0.717) is 5.92 Å². The van der Waals surface area contributed by atoms with Crippen LogP contribution in [0.1, 0.15) is 71.1 Å². The van der Waals surface area contributed by atoms with Crippen LogP contribution in [0.5, 0.6) is 0 Å². The predicted octanol–water partition coefficient (Wildman–Crippen LogP) is 4.72. The zero-order valence-corrected chi connectivity index (χ0v) is 15.5. The smallest absolute Gasteiger partial charge is 0.0645 e. The Hall–Kier alpha value is -0.860. The van der Waals surface area contributed by atoms with Gasteiger partial charge < -0.3 is 4.74 Å². The minimum Gasteiger partial charge on any atom is -0.378 e. The Morgan fingerprint density at radius 2 is 1.91 bits per heavy atom. The van der Waals surface area contributed by atoms with Crippen LogP contribution in [-0.4, -0.2) is 30.2 Å². The van der Waals surface area contributed by atoms with Gasteiger partial charge in [0.2, 0.25) is 0 Å². The molecule has 1 aliphatic rings. The number of hydrogen-bond acceptors (Lipinski definition) is 2. The lowest BCUT2D eigenvalue weighted by Crippen LogP contribution is -2.52. The maximum absolute atomic E-state index is 5.66. The topological polar surface area (TPSA) is 12.5 Å². The van der Waals surface area contributed by atoms with E-state index in [1.165, 1.54) is 16.7 Å². The van der Waals surface area contributed by atoms with Crippen LogP contribution >= 0.6 is 0 Å². The van der Waals surface area contributed by atoms with Gasteiger partial charge in [-0.25, -0.2) is 0 Å². The highest BCUT2D eigenvalue weighted by Gasteiger charge is 2.31. The molecule has 0 N–H and O–H groups in total. The van der Waals surface area contributed by atoms with Gasteiger partial charge in [0.15, 0.2) is 0 Å². The van der Waals surface area contributed by atoms with E-state index in [1.807, 2.05) is 0 Å². The minimum absolute atomic E-state index is 0.115. The summed E-state index contributed by atoms with van der Waals surface area (Å²) in [6, 6.07) is 7.08. The first-order valence-electron chi connectivity index (χ1n) is 8.57. The van der Waals surface area contributed by atoms with Gasteiger partial charge in [0.1, 0.15) is 0 Å². The Morgan fingerprint density at radius 1 is 1.23 bits per heavy atom. The highest BCUT2D eigenvalue weighted by Crippen LogP contribution is 2.31. The van der Waals surface area contributed by atoms with E-state index in [1.54, 1.807) is 0 Å². The molecule has 1 aromatic carbocycles. The molecule has 1 heterocycles. The van der Waals surface area contributed by atoms with Gasteiger partial charge in [0.05, 0.1) is 13.2 Å². The second-order valence-corrected chi connectivity index (χ2v) is 8.61. The summed E-state index contributed by atoms with van der Waals surface area (Å²) in [6.07, 6.45) is 0. The van der Waals surface area contributed by atoms with Crippen LogP contribution < -0.4 is 0 Å². The monoisotopic (exact) mass is 303 g/mol. The number of hydrogen-bond donors (Lipinski definition) is 0. The third-order valence-corrected chi connectivity index (χ3v) is 4.79. The number of morpholine rings is 1. The molecule has 1 aliphatic heterocycles. The van der Waals surface area contributed by atoms with Crippen molar-refractivity contribution >= 4 is 0 Å². The Morgan fingerprint density at radius 3 is 2.45 bits per heavy atom. The highest BCUT2D eigenvalue weighted by molar-refractivity contribution is 5.38. The fraction of sp³-hybridized carbons (Fsp3) is 0.700. The van der Waals surface area contributed by atoms with Gasteiger partial charge in [0, 0.05) is 18.6 Å². The third kappa shape index (κ3) is 3.91. The van der Waals surface area contributed by atoms with Gasteiger partial charge in [0.25, 0.3) is 0 Å². The van der Waals surface area contributed by atoms with E-state index in [2.05, 4.69) is 71.6 Å². The van der Waals surface area contributed by atoms with Crippen molar-refractivity contribution in [3.05, 3.63) is 34.9 Å². The van der Waals surface area contributed by atoms with Gasteiger partial charge in [-0.2, -0.15) is 0 Å². The quantitative estimate of drug-likeness (QED) is 0.801. The summed E-state index contributed by atoms with van der Waals surface area (Å²) >= 11 is 0. The van der Waals surface area contributed by atoms with Crippen LogP contribution in [0.15, 0.2) is 18.2 Å². The van der Waals surface area contributed by atoms with Crippen molar-refractivity contribution in [2.45, 2.75) is 71.9 Å². The number of ether oxygens (including phenoxy) is 1. The second kappa shape index (κ2) is 6.33. The molecule has 2 nitrogen and oxygen atoms in total. The molecule has 22 heavy (non-hydrogen) atoms. The summed E-state index contributed by atoms with van der Waals surface area (Å²) in [5, 5.41) is 0. The van der Waals surface area contributed by atoms with Gasteiger partial charge in [-0.3, -0.25) is 4.90 Å². The molecule has 0 bridgehead atoms. The van der Waals surface area contributed by atoms with Crippen LogP contribution in [0.3, 0.4) is 0 Å².